The van der Waals surface area contributed by atoms with Gasteiger partial charge in [-0.15, -0.1) is 11.3 Å². The second kappa shape index (κ2) is 7.66. The summed E-state index contributed by atoms with van der Waals surface area (Å²) in [5.41, 5.74) is 3.27. The van der Waals surface area contributed by atoms with E-state index in [2.05, 4.69) is 10.6 Å². The molecule has 0 saturated carbocycles. The van der Waals surface area contributed by atoms with Crippen molar-refractivity contribution in [3.63, 3.8) is 0 Å². The van der Waals surface area contributed by atoms with Crippen molar-refractivity contribution >= 4 is 44.5 Å². The highest BCUT2D eigenvalue weighted by molar-refractivity contribution is 7.19. The third-order valence-corrected chi connectivity index (χ3v) is 6.17. The summed E-state index contributed by atoms with van der Waals surface area (Å²) in [6, 6.07) is 22.5. The maximum Gasteiger partial charge on any atom is 0.320 e. The zero-order valence-electron chi connectivity index (χ0n) is 16.1. The quantitative estimate of drug-likeness (QED) is 0.348. The number of nitro groups is 1. The average molecular weight is 428 g/mol. The van der Waals surface area contributed by atoms with Gasteiger partial charge in [-0.3, -0.25) is 10.1 Å². The summed E-state index contributed by atoms with van der Waals surface area (Å²) >= 11 is 1.49. The molecule has 1 atom stereocenters. The van der Waals surface area contributed by atoms with Crippen LogP contribution in [0.5, 0.6) is 0 Å². The van der Waals surface area contributed by atoms with Gasteiger partial charge in [0.1, 0.15) is 5.01 Å². The van der Waals surface area contributed by atoms with Crippen molar-refractivity contribution in [2.75, 3.05) is 0 Å². The van der Waals surface area contributed by atoms with Crippen LogP contribution in [0.25, 0.3) is 21.5 Å². The number of fused-ring (bicyclic) bond motifs is 1. The highest BCUT2D eigenvalue weighted by atomic mass is 32.1. The third-order valence-electron chi connectivity index (χ3n) is 5.10. The molecule has 0 fully saturated rings. The molecule has 0 aliphatic carbocycles. The monoisotopic (exact) mass is 428 g/mol. The van der Waals surface area contributed by atoms with Crippen molar-refractivity contribution in [2.45, 2.75) is 6.04 Å². The number of nitrogens with zero attached hydrogens (tertiary/aromatic N) is 2. The number of urea groups is 1. The Morgan fingerprint density at radius 3 is 2.42 bits per heavy atom. The molecule has 8 heteroatoms. The molecule has 2 N–H and O–H groups in total. The molecule has 31 heavy (non-hydrogen) atoms. The van der Waals surface area contributed by atoms with Gasteiger partial charge < -0.3 is 10.6 Å². The number of hydrogen-bond donors (Lipinski definition) is 2. The van der Waals surface area contributed by atoms with E-state index in [0.717, 1.165) is 15.8 Å². The van der Waals surface area contributed by atoms with Crippen LogP contribution >= 0.6 is 11.3 Å². The summed E-state index contributed by atoms with van der Waals surface area (Å²) in [5.74, 6) is 0. The van der Waals surface area contributed by atoms with Gasteiger partial charge in [-0.05, 0) is 23.8 Å². The molecule has 1 aliphatic heterocycles. The first-order valence-corrected chi connectivity index (χ1v) is 10.4. The fourth-order valence-corrected chi connectivity index (χ4v) is 4.79. The molecular weight excluding hydrogens is 412 g/mol. The van der Waals surface area contributed by atoms with Crippen LogP contribution in [0.1, 0.15) is 22.2 Å². The summed E-state index contributed by atoms with van der Waals surface area (Å²) in [5, 5.41) is 18.2. The molecule has 1 aliphatic rings. The highest BCUT2D eigenvalue weighted by Crippen LogP contribution is 2.42. The van der Waals surface area contributed by atoms with Crippen LogP contribution in [0.15, 0.2) is 78.9 Å². The lowest BCUT2D eigenvalue weighted by atomic mass is 9.92. The second-order valence-corrected chi connectivity index (χ2v) is 8.02. The summed E-state index contributed by atoms with van der Waals surface area (Å²) < 4.78 is 0.996. The molecule has 0 radical (unpaired) electrons. The minimum absolute atomic E-state index is 0.0549. The van der Waals surface area contributed by atoms with Gasteiger partial charge in [0.05, 0.1) is 32.4 Å². The van der Waals surface area contributed by atoms with Crippen molar-refractivity contribution in [2.24, 2.45) is 0 Å². The Morgan fingerprint density at radius 1 is 0.935 bits per heavy atom. The number of nitro benzene ring substituents is 1. The Balaban J connectivity index is 1.80. The summed E-state index contributed by atoms with van der Waals surface area (Å²) in [6.07, 6.45) is 0. The molecule has 2 amide bonds. The Hall–Kier alpha value is -4.04. The van der Waals surface area contributed by atoms with Gasteiger partial charge in [0.2, 0.25) is 0 Å². The number of para-hydroxylation sites is 2. The predicted molar refractivity (Wildman–Crippen MR) is 120 cm³/mol. The Morgan fingerprint density at radius 2 is 1.65 bits per heavy atom. The topological polar surface area (TPSA) is 97.2 Å². The first kappa shape index (κ1) is 19.0. The lowest BCUT2D eigenvalue weighted by Crippen LogP contribution is -2.43. The van der Waals surface area contributed by atoms with Crippen molar-refractivity contribution in [3.8, 4) is 0 Å². The molecule has 5 rings (SSSR count). The Kier molecular flexibility index (Phi) is 4.68. The summed E-state index contributed by atoms with van der Waals surface area (Å²) in [7, 11) is 0. The van der Waals surface area contributed by atoms with Crippen LogP contribution in [0.4, 0.5) is 10.5 Å². The fraction of sp³-hybridized carbons (Fsp3) is 0.0435. The molecule has 4 aromatic rings. The Labute approximate surface area is 181 Å². The summed E-state index contributed by atoms with van der Waals surface area (Å²) in [6.45, 7) is 0. The van der Waals surface area contributed by atoms with Gasteiger partial charge >= 0.3 is 6.03 Å². The summed E-state index contributed by atoms with van der Waals surface area (Å²) in [4.78, 5) is 28.7. The number of carbonyl (C=O) groups is 1. The smallest absolute Gasteiger partial charge is 0.320 e. The molecular formula is C23H16N4O3S. The zero-order chi connectivity index (χ0) is 21.4. The van der Waals surface area contributed by atoms with E-state index in [-0.39, 0.29) is 5.69 Å². The number of rotatable bonds is 4. The molecule has 0 spiro atoms. The first-order chi connectivity index (χ1) is 15.1. The maximum atomic E-state index is 12.6. The molecule has 7 nitrogen and oxygen atoms in total. The lowest BCUT2D eigenvalue weighted by molar-refractivity contribution is -0.385. The van der Waals surface area contributed by atoms with Crippen LogP contribution < -0.4 is 10.6 Å². The van der Waals surface area contributed by atoms with Crippen molar-refractivity contribution in [1.29, 1.82) is 0 Å². The van der Waals surface area contributed by atoms with E-state index in [0.29, 0.717) is 21.8 Å². The number of benzene rings is 3. The maximum absolute atomic E-state index is 12.6. The largest absolute Gasteiger partial charge is 0.326 e. The van der Waals surface area contributed by atoms with E-state index in [1.165, 1.54) is 17.4 Å². The standard InChI is InChI=1S/C23H16N4O3S/c28-23-25-20(14-8-2-1-3-9-14)19(22-24-16-11-5-7-13-18(16)31-22)21(26-23)15-10-4-6-12-17(15)27(29)30/h1-13,21H,(H2,25,26,28)/t21-/m0/s1. The first-order valence-electron chi connectivity index (χ1n) is 9.58. The highest BCUT2D eigenvalue weighted by Gasteiger charge is 2.35. The fourth-order valence-electron chi connectivity index (χ4n) is 3.75. The zero-order valence-corrected chi connectivity index (χ0v) is 16.9. The third kappa shape index (κ3) is 3.43. The van der Waals surface area contributed by atoms with Gasteiger partial charge in [-0.2, -0.15) is 0 Å². The van der Waals surface area contributed by atoms with E-state index in [1.807, 2.05) is 54.6 Å². The van der Waals surface area contributed by atoms with Crippen LogP contribution in [0.2, 0.25) is 0 Å². The molecule has 1 aromatic heterocycles. The lowest BCUT2D eigenvalue weighted by Gasteiger charge is -2.29. The van der Waals surface area contributed by atoms with Crippen LogP contribution in [0, 0.1) is 10.1 Å². The number of hydrogen-bond acceptors (Lipinski definition) is 5. The molecule has 152 valence electrons. The van der Waals surface area contributed by atoms with E-state index in [9.17, 15) is 14.9 Å². The number of amides is 2. The second-order valence-electron chi connectivity index (χ2n) is 6.99. The number of thiazole rings is 1. The molecule has 0 bridgehead atoms. The van der Waals surface area contributed by atoms with Crippen molar-refractivity contribution in [1.82, 2.24) is 15.6 Å². The van der Waals surface area contributed by atoms with Gasteiger partial charge in [0, 0.05) is 11.6 Å². The van der Waals surface area contributed by atoms with Crippen molar-refractivity contribution < 1.29 is 9.72 Å². The van der Waals surface area contributed by atoms with Crippen LogP contribution in [-0.4, -0.2) is 15.9 Å². The molecule has 3 aromatic carbocycles. The Bertz CT molecular complexity index is 1310. The van der Waals surface area contributed by atoms with Crippen LogP contribution in [0.3, 0.4) is 0 Å². The minimum atomic E-state index is -0.730. The van der Waals surface area contributed by atoms with E-state index < -0.39 is 17.0 Å². The van der Waals surface area contributed by atoms with Gasteiger partial charge in [-0.1, -0.05) is 54.6 Å². The van der Waals surface area contributed by atoms with E-state index in [1.54, 1.807) is 18.2 Å². The van der Waals surface area contributed by atoms with Gasteiger partial charge in [0.15, 0.2) is 0 Å². The normalized spacial score (nSPS) is 16.1. The number of carbonyl (C=O) groups excluding carboxylic acids is 1. The van der Waals surface area contributed by atoms with Crippen LogP contribution in [-0.2, 0) is 0 Å². The van der Waals surface area contributed by atoms with E-state index in [4.69, 9.17) is 4.98 Å². The van der Waals surface area contributed by atoms with Crippen molar-refractivity contribution in [3.05, 3.63) is 105 Å². The number of aromatic nitrogens is 1. The minimum Gasteiger partial charge on any atom is -0.326 e. The predicted octanol–water partition coefficient (Wildman–Crippen LogP) is 5.13. The van der Waals surface area contributed by atoms with Gasteiger partial charge in [-0.25, -0.2) is 9.78 Å². The van der Waals surface area contributed by atoms with Gasteiger partial charge in [0.25, 0.3) is 5.69 Å². The molecule has 0 saturated heterocycles. The molecule has 2 heterocycles. The average Bonchev–Trinajstić information content (AvgIpc) is 3.23. The number of nitrogens with one attached hydrogen (secondary N) is 2. The SMILES string of the molecule is O=C1NC(c2ccccc2)=C(c2nc3ccccc3s2)[C@H](c2ccccc2[N+](=O)[O-])N1. The molecule has 0 unspecified atom stereocenters. The van der Waals surface area contributed by atoms with E-state index >= 15 is 0 Å².